The van der Waals surface area contributed by atoms with Crippen LogP contribution in [0.5, 0.6) is 0 Å². The van der Waals surface area contributed by atoms with E-state index in [2.05, 4.69) is 24.0 Å². The first-order valence-electron chi connectivity index (χ1n) is 9.25. The number of nitrogens with zero attached hydrogens (tertiary/aromatic N) is 2. The van der Waals surface area contributed by atoms with E-state index in [9.17, 15) is 4.79 Å². The number of aromatic nitrogens is 1. The van der Waals surface area contributed by atoms with E-state index in [1.165, 1.54) is 24.1 Å². The molecular weight excluding hydrogens is 362 g/mol. The predicted molar refractivity (Wildman–Crippen MR) is 108 cm³/mol. The van der Waals surface area contributed by atoms with E-state index < -0.39 is 0 Å². The van der Waals surface area contributed by atoms with Crippen LogP contribution < -0.4 is 4.90 Å². The average molecular weight is 387 g/mol. The number of carbonyl (C=O) groups is 1. The van der Waals surface area contributed by atoms with Crippen LogP contribution >= 0.6 is 22.7 Å². The Kier molecular flexibility index (Phi) is 5.33. The minimum absolute atomic E-state index is 0.142. The van der Waals surface area contributed by atoms with Gasteiger partial charge in [0.05, 0.1) is 31.1 Å². The first-order chi connectivity index (χ1) is 12.7. The third-order valence-electron chi connectivity index (χ3n) is 5.26. The van der Waals surface area contributed by atoms with Gasteiger partial charge >= 0.3 is 0 Å². The summed E-state index contributed by atoms with van der Waals surface area (Å²) in [4.78, 5) is 22.2. The highest BCUT2D eigenvalue weighted by atomic mass is 32.1. The van der Waals surface area contributed by atoms with Crippen LogP contribution in [0.3, 0.4) is 0 Å². The lowest BCUT2D eigenvalue weighted by molar-refractivity contribution is -0.909. The van der Waals surface area contributed by atoms with Crippen LogP contribution in [0.15, 0.2) is 41.9 Å². The second kappa shape index (κ2) is 7.86. The molecule has 26 heavy (non-hydrogen) atoms. The number of carbonyl (C=O) groups excluding carboxylic acids is 1. The zero-order valence-electron chi connectivity index (χ0n) is 15.0. The molecule has 1 fully saturated rings. The van der Waals surface area contributed by atoms with E-state index in [1.54, 1.807) is 27.6 Å². The molecule has 3 heterocycles. The second-order valence-corrected chi connectivity index (χ2v) is 8.92. The molecule has 136 valence electrons. The molecule has 1 aliphatic rings. The molecule has 1 unspecified atom stereocenters. The van der Waals surface area contributed by atoms with Crippen molar-refractivity contribution in [2.75, 3.05) is 19.6 Å². The van der Waals surface area contributed by atoms with Crippen LogP contribution in [0.2, 0.25) is 0 Å². The largest absolute Gasteiger partial charge is 0.331 e. The molecule has 1 saturated heterocycles. The van der Waals surface area contributed by atoms with E-state index in [1.807, 2.05) is 34.7 Å². The maximum Gasteiger partial charge on any atom is 0.264 e. The van der Waals surface area contributed by atoms with Crippen molar-refractivity contribution in [1.29, 1.82) is 0 Å². The number of likely N-dealkylation sites (tertiary alicyclic amines) is 1. The number of thiazole rings is 1. The zero-order valence-corrected chi connectivity index (χ0v) is 16.6. The van der Waals surface area contributed by atoms with Gasteiger partial charge in [0.2, 0.25) is 0 Å². The van der Waals surface area contributed by atoms with Crippen LogP contribution in [0, 0.1) is 0 Å². The van der Waals surface area contributed by atoms with Gasteiger partial charge in [0.1, 0.15) is 11.0 Å². The van der Waals surface area contributed by atoms with Crippen molar-refractivity contribution < 1.29 is 9.69 Å². The number of hydrogen-bond acceptors (Lipinski definition) is 4. The molecule has 3 aromatic rings. The smallest absolute Gasteiger partial charge is 0.264 e. The Morgan fingerprint density at radius 2 is 2.27 bits per heavy atom. The summed E-state index contributed by atoms with van der Waals surface area (Å²) < 4.78 is 1.17. The van der Waals surface area contributed by atoms with Gasteiger partial charge in [0.25, 0.3) is 5.91 Å². The highest BCUT2D eigenvalue weighted by Gasteiger charge is 2.31. The fourth-order valence-electron chi connectivity index (χ4n) is 3.89. The van der Waals surface area contributed by atoms with Crippen LogP contribution in [0.25, 0.3) is 10.1 Å². The van der Waals surface area contributed by atoms with Crippen molar-refractivity contribution in [3.8, 4) is 0 Å². The molecule has 0 radical (unpaired) electrons. The first-order valence-corrected chi connectivity index (χ1v) is 10.9. The van der Waals surface area contributed by atoms with Crippen LogP contribution in [0.1, 0.15) is 34.4 Å². The van der Waals surface area contributed by atoms with Gasteiger partial charge in [-0.1, -0.05) is 18.2 Å². The van der Waals surface area contributed by atoms with Gasteiger partial charge in [-0.15, -0.1) is 22.7 Å². The van der Waals surface area contributed by atoms with Crippen molar-refractivity contribution in [2.24, 2.45) is 0 Å². The Morgan fingerprint density at radius 3 is 3.04 bits per heavy atom. The highest BCUT2D eigenvalue weighted by molar-refractivity contribution is 7.20. The lowest BCUT2D eigenvalue weighted by atomic mass is 10.2. The number of thiophene rings is 1. The quantitative estimate of drug-likeness (QED) is 0.707. The standard InChI is InChI=1S/C20H23N3OS2/c1-2-22-10-5-7-16(22)13-23(14-19-21-9-11-25-19)20(24)18-12-15-6-3-4-8-17(15)26-18/h3-4,6,8-9,11-12,16H,2,5,7,10,13-14H2,1H3/p+1/t16-/m0/s1. The normalized spacial score (nSPS) is 19.9. The fourth-order valence-corrected chi connectivity index (χ4v) is 5.55. The van der Waals surface area contributed by atoms with Crippen LogP contribution in [0.4, 0.5) is 0 Å². The Balaban J connectivity index is 1.59. The minimum atomic E-state index is 0.142. The number of amides is 1. The van der Waals surface area contributed by atoms with E-state index in [0.29, 0.717) is 12.6 Å². The highest BCUT2D eigenvalue weighted by Crippen LogP contribution is 2.27. The summed E-state index contributed by atoms with van der Waals surface area (Å²) in [5, 5.41) is 4.14. The number of rotatable bonds is 6. The molecule has 2 aromatic heterocycles. The summed E-state index contributed by atoms with van der Waals surface area (Å²) in [5.41, 5.74) is 0. The Morgan fingerprint density at radius 1 is 1.38 bits per heavy atom. The molecule has 6 heteroatoms. The van der Waals surface area contributed by atoms with Gasteiger partial charge < -0.3 is 9.80 Å². The lowest BCUT2D eigenvalue weighted by Crippen LogP contribution is -3.14. The topological polar surface area (TPSA) is 37.6 Å². The van der Waals surface area contributed by atoms with Gasteiger partial charge in [0, 0.05) is 29.1 Å². The fraction of sp³-hybridized carbons (Fsp3) is 0.400. The summed E-state index contributed by atoms with van der Waals surface area (Å²) in [5.74, 6) is 0.142. The van der Waals surface area contributed by atoms with E-state index in [0.717, 1.165) is 28.4 Å². The van der Waals surface area contributed by atoms with Crippen molar-refractivity contribution in [1.82, 2.24) is 9.88 Å². The summed E-state index contributed by atoms with van der Waals surface area (Å²) in [6.07, 6.45) is 4.29. The molecule has 1 N–H and O–H groups in total. The summed E-state index contributed by atoms with van der Waals surface area (Å²) in [6, 6.07) is 10.8. The van der Waals surface area contributed by atoms with Gasteiger partial charge in [-0.05, 0) is 24.4 Å². The predicted octanol–water partition coefficient (Wildman–Crippen LogP) is 3.07. The molecule has 0 bridgehead atoms. The Labute approximate surface area is 162 Å². The van der Waals surface area contributed by atoms with Crippen molar-refractivity contribution >= 4 is 38.7 Å². The van der Waals surface area contributed by atoms with E-state index >= 15 is 0 Å². The van der Waals surface area contributed by atoms with Gasteiger partial charge in [0.15, 0.2) is 0 Å². The van der Waals surface area contributed by atoms with Crippen molar-refractivity contribution in [3.05, 3.63) is 51.8 Å². The molecule has 2 atom stereocenters. The molecule has 0 aliphatic carbocycles. The second-order valence-electron chi connectivity index (χ2n) is 6.86. The average Bonchev–Trinajstić information content (AvgIpc) is 3.40. The molecule has 4 nitrogen and oxygen atoms in total. The lowest BCUT2D eigenvalue weighted by Gasteiger charge is -2.27. The molecule has 1 aromatic carbocycles. The first kappa shape index (κ1) is 17.6. The maximum atomic E-state index is 13.3. The molecule has 4 rings (SSSR count). The maximum absolute atomic E-state index is 13.3. The molecule has 1 aliphatic heterocycles. The molecular formula is C20H24N3OS2+. The van der Waals surface area contributed by atoms with Crippen LogP contribution in [-0.2, 0) is 6.54 Å². The molecule has 0 spiro atoms. The molecule has 0 saturated carbocycles. The number of hydrogen-bond donors (Lipinski definition) is 1. The van der Waals surface area contributed by atoms with Crippen molar-refractivity contribution in [3.63, 3.8) is 0 Å². The van der Waals surface area contributed by atoms with Crippen LogP contribution in [-0.4, -0.2) is 41.5 Å². The van der Waals surface area contributed by atoms with Crippen molar-refractivity contribution in [2.45, 2.75) is 32.4 Å². The third kappa shape index (κ3) is 3.68. The SMILES string of the molecule is CC[NH+]1CCC[C@H]1CN(Cc1nccs1)C(=O)c1cc2ccccc2s1. The number of benzene rings is 1. The molecule has 1 amide bonds. The summed E-state index contributed by atoms with van der Waals surface area (Å²) >= 11 is 3.22. The number of nitrogens with one attached hydrogen (secondary N) is 1. The third-order valence-corrected chi connectivity index (χ3v) is 7.12. The minimum Gasteiger partial charge on any atom is -0.331 e. The Bertz CT molecular complexity index is 841. The van der Waals surface area contributed by atoms with E-state index in [4.69, 9.17) is 0 Å². The number of likely N-dealkylation sites (N-methyl/N-ethyl adjacent to an activating group) is 1. The summed E-state index contributed by atoms with van der Waals surface area (Å²) in [7, 11) is 0. The zero-order chi connectivity index (χ0) is 17.9. The van der Waals surface area contributed by atoms with E-state index in [-0.39, 0.29) is 5.91 Å². The van der Waals surface area contributed by atoms with Gasteiger partial charge in [-0.25, -0.2) is 4.98 Å². The number of quaternary nitrogens is 1. The number of fused-ring (bicyclic) bond motifs is 1. The van der Waals surface area contributed by atoms with Gasteiger partial charge in [-0.2, -0.15) is 0 Å². The Hall–Kier alpha value is -1.76. The summed E-state index contributed by atoms with van der Waals surface area (Å²) in [6.45, 7) is 6.02. The monoisotopic (exact) mass is 386 g/mol. The van der Waals surface area contributed by atoms with Gasteiger partial charge in [-0.3, -0.25) is 4.79 Å².